The monoisotopic (exact) mass is 392 g/mol. The zero-order valence-electron chi connectivity index (χ0n) is 17.2. The third kappa shape index (κ3) is 3.92. The number of thiocarbonyl (C=S) groups is 1. The molecule has 6 heteroatoms. The molecule has 1 aromatic rings. The Kier molecular flexibility index (Phi) is 6.10. The van der Waals surface area contributed by atoms with Crippen molar-refractivity contribution in [3.63, 3.8) is 0 Å². The topological polar surface area (TPSA) is 51.2 Å². The molecule has 0 aromatic carbocycles. The van der Waals surface area contributed by atoms with Crippen LogP contribution in [0.4, 0.5) is 0 Å². The van der Waals surface area contributed by atoms with E-state index in [1.54, 1.807) is 6.20 Å². The van der Waals surface area contributed by atoms with Crippen LogP contribution in [-0.4, -0.2) is 36.4 Å². The predicted octanol–water partition coefficient (Wildman–Crippen LogP) is 3.66. The van der Waals surface area contributed by atoms with Gasteiger partial charge in [0.2, 0.25) is 5.91 Å². The van der Waals surface area contributed by atoms with Crippen LogP contribution in [0, 0.1) is 24.2 Å². The molecule has 144 valence electrons. The van der Waals surface area contributed by atoms with E-state index in [0.29, 0.717) is 0 Å². The van der Waals surface area contributed by atoms with E-state index >= 15 is 0 Å². The van der Waals surface area contributed by atoms with Gasteiger partial charge in [0.25, 0.3) is 0 Å². The number of carbonyl (C=O) groups excluding carboxylic acids is 1. The average Bonchev–Trinajstić information content (AvgIpc) is 2.49. The summed E-state index contributed by atoms with van der Waals surface area (Å²) in [6.45, 7) is 17.0. The van der Waals surface area contributed by atoms with Gasteiger partial charge in [-0.3, -0.25) is 9.78 Å². The van der Waals surface area contributed by atoms with Gasteiger partial charge in [-0.2, -0.15) is 0 Å². The fraction of sp³-hybridized carbons (Fsp3) is 0.650. The molecule has 1 aromatic heterocycles. The molecule has 0 bridgehead atoms. The minimum atomic E-state index is -1.33. The Morgan fingerprint density at radius 2 is 1.96 bits per heavy atom. The first-order valence-corrected chi connectivity index (χ1v) is 12.5. The van der Waals surface area contributed by atoms with Crippen molar-refractivity contribution in [2.45, 2.75) is 66.3 Å². The van der Waals surface area contributed by atoms with Crippen molar-refractivity contribution in [2.75, 3.05) is 0 Å². The maximum Gasteiger partial charge on any atom is 0.228 e. The first-order chi connectivity index (χ1) is 11.9. The van der Waals surface area contributed by atoms with Crippen LogP contribution in [0.5, 0.6) is 0 Å². The Morgan fingerprint density at radius 1 is 1.35 bits per heavy atom. The van der Waals surface area contributed by atoms with E-state index in [-0.39, 0.29) is 29.2 Å². The second-order valence-corrected chi connectivity index (χ2v) is 11.7. The van der Waals surface area contributed by atoms with Crippen molar-refractivity contribution in [1.29, 1.82) is 0 Å². The zero-order chi connectivity index (χ0) is 19.9. The standard InChI is InChI=1S/C20H32N2O2SSi/c1-12-9-10-21-14(11-12)17(25)13(2)16-15(18(23)22-16)20(6,19(3,4)5)24-26(7)8/h9-11,13,15-16,26H,1-8H3,(H,22,23)/t13-,15-,16-,20-/m1/s1. The molecule has 1 amide bonds. The Morgan fingerprint density at radius 3 is 2.42 bits per heavy atom. The second kappa shape index (κ2) is 7.48. The summed E-state index contributed by atoms with van der Waals surface area (Å²) in [6.07, 6.45) is 1.78. The molecule has 1 N–H and O–H groups in total. The molecule has 1 saturated heterocycles. The van der Waals surface area contributed by atoms with Crippen LogP contribution in [-0.2, 0) is 9.22 Å². The third-order valence-corrected chi connectivity index (χ3v) is 7.18. The van der Waals surface area contributed by atoms with Crippen LogP contribution >= 0.6 is 12.2 Å². The highest BCUT2D eigenvalue weighted by molar-refractivity contribution is 7.80. The molecule has 0 unspecified atom stereocenters. The summed E-state index contributed by atoms with van der Waals surface area (Å²) in [5.41, 5.74) is 1.27. The highest BCUT2D eigenvalue weighted by atomic mass is 32.1. The first kappa shape index (κ1) is 21.2. The largest absolute Gasteiger partial charge is 0.414 e. The van der Waals surface area contributed by atoms with Gasteiger partial charge in [-0.05, 0) is 50.1 Å². The molecule has 0 radical (unpaired) electrons. The van der Waals surface area contributed by atoms with Crippen LogP contribution < -0.4 is 5.32 Å². The third-order valence-electron chi connectivity index (χ3n) is 5.63. The van der Waals surface area contributed by atoms with Gasteiger partial charge in [-0.25, -0.2) is 0 Å². The number of β-lactam (4-membered cyclic amide) rings is 1. The zero-order valence-corrected chi connectivity index (χ0v) is 19.2. The van der Waals surface area contributed by atoms with E-state index in [2.05, 4.69) is 58.0 Å². The second-order valence-electron chi connectivity index (χ2n) is 8.91. The fourth-order valence-electron chi connectivity index (χ4n) is 3.68. The molecule has 4 nitrogen and oxygen atoms in total. The SMILES string of the molecule is Cc1ccnc(C(=S)[C@H](C)[C@H]2NC(=O)[C@@H]2[C@@](C)(O[SiH](C)C)C(C)(C)C)c1. The van der Waals surface area contributed by atoms with E-state index in [1.165, 1.54) is 0 Å². The molecule has 1 fully saturated rings. The molecular weight excluding hydrogens is 360 g/mol. The number of nitrogens with zero attached hydrogens (tertiary/aromatic N) is 1. The minimum Gasteiger partial charge on any atom is -0.414 e. The smallest absolute Gasteiger partial charge is 0.228 e. The van der Waals surface area contributed by atoms with Crippen LogP contribution in [0.25, 0.3) is 0 Å². The Labute approximate surface area is 164 Å². The van der Waals surface area contributed by atoms with Crippen LogP contribution in [0.1, 0.15) is 45.9 Å². The first-order valence-electron chi connectivity index (χ1n) is 9.33. The molecule has 0 saturated carbocycles. The number of amides is 1. The number of hydrogen-bond donors (Lipinski definition) is 1. The summed E-state index contributed by atoms with van der Waals surface area (Å²) in [6, 6.07) is 3.94. The number of aromatic nitrogens is 1. The van der Waals surface area contributed by atoms with E-state index in [0.717, 1.165) is 16.1 Å². The normalized spacial score (nSPS) is 23.8. The molecule has 0 spiro atoms. The van der Waals surface area contributed by atoms with Gasteiger partial charge in [-0.1, -0.05) is 39.9 Å². The molecule has 26 heavy (non-hydrogen) atoms. The van der Waals surface area contributed by atoms with Crippen molar-refractivity contribution in [1.82, 2.24) is 10.3 Å². The maximum atomic E-state index is 12.6. The number of nitrogens with one attached hydrogen (secondary N) is 1. The summed E-state index contributed by atoms with van der Waals surface area (Å²) in [7, 11) is -1.33. The van der Waals surface area contributed by atoms with Gasteiger partial charge < -0.3 is 9.74 Å². The van der Waals surface area contributed by atoms with Crippen LogP contribution in [0.15, 0.2) is 18.3 Å². The van der Waals surface area contributed by atoms with Crippen molar-refractivity contribution < 1.29 is 9.22 Å². The summed E-state index contributed by atoms with van der Waals surface area (Å²) in [5.74, 6) is -0.134. The lowest BCUT2D eigenvalue weighted by Crippen LogP contribution is -2.72. The Balaban J connectivity index is 2.32. The fourth-order valence-corrected chi connectivity index (χ4v) is 5.42. The van der Waals surface area contributed by atoms with E-state index < -0.39 is 14.6 Å². The molecule has 0 aliphatic carbocycles. The van der Waals surface area contributed by atoms with Crippen LogP contribution in [0.2, 0.25) is 13.1 Å². The minimum absolute atomic E-state index is 0.0149. The van der Waals surface area contributed by atoms with Crippen molar-refractivity contribution >= 4 is 32.0 Å². The number of pyridine rings is 1. The van der Waals surface area contributed by atoms with Crippen molar-refractivity contribution in [3.05, 3.63) is 29.6 Å². The van der Waals surface area contributed by atoms with Gasteiger partial charge in [0.05, 0.1) is 23.3 Å². The molecule has 1 aliphatic heterocycles. The number of aryl methyl sites for hydroxylation is 1. The van der Waals surface area contributed by atoms with Gasteiger partial charge >= 0.3 is 0 Å². The van der Waals surface area contributed by atoms with Crippen molar-refractivity contribution in [2.24, 2.45) is 17.3 Å². The number of rotatable bonds is 6. The molecule has 2 heterocycles. The van der Waals surface area contributed by atoms with Crippen LogP contribution in [0.3, 0.4) is 0 Å². The lowest BCUT2D eigenvalue weighted by molar-refractivity contribution is -0.160. The summed E-state index contributed by atoms with van der Waals surface area (Å²) in [4.78, 5) is 17.8. The van der Waals surface area contributed by atoms with E-state index in [1.807, 2.05) is 19.1 Å². The summed E-state index contributed by atoms with van der Waals surface area (Å²) in [5, 5.41) is 3.09. The lowest BCUT2D eigenvalue weighted by atomic mass is 9.62. The highest BCUT2D eigenvalue weighted by Gasteiger charge is 2.58. The summed E-state index contributed by atoms with van der Waals surface area (Å²) < 4.78 is 6.48. The quantitative estimate of drug-likeness (QED) is 0.347. The molecular formula is C20H32N2O2SSi. The number of hydrogen-bond acceptors (Lipinski definition) is 4. The lowest BCUT2D eigenvalue weighted by Gasteiger charge is -2.55. The van der Waals surface area contributed by atoms with Gasteiger partial charge in [-0.15, -0.1) is 0 Å². The average molecular weight is 393 g/mol. The van der Waals surface area contributed by atoms with Gasteiger partial charge in [0, 0.05) is 17.0 Å². The summed E-state index contributed by atoms with van der Waals surface area (Å²) >= 11 is 5.73. The Hall–Kier alpha value is -1.11. The van der Waals surface area contributed by atoms with Gasteiger partial charge in [0.1, 0.15) is 0 Å². The molecule has 4 atom stereocenters. The van der Waals surface area contributed by atoms with E-state index in [4.69, 9.17) is 16.6 Å². The predicted molar refractivity (Wildman–Crippen MR) is 113 cm³/mol. The molecule has 1 aliphatic rings. The van der Waals surface area contributed by atoms with Gasteiger partial charge in [0.15, 0.2) is 9.04 Å². The van der Waals surface area contributed by atoms with E-state index in [9.17, 15) is 4.79 Å². The number of carbonyl (C=O) groups is 1. The van der Waals surface area contributed by atoms with Crippen molar-refractivity contribution in [3.8, 4) is 0 Å². The Bertz CT molecular complexity index is 701. The maximum absolute atomic E-state index is 12.6. The highest BCUT2D eigenvalue weighted by Crippen LogP contribution is 2.46. The molecule has 2 rings (SSSR count).